The van der Waals surface area contributed by atoms with Crippen molar-refractivity contribution in [2.45, 2.75) is 12.8 Å². The number of H-pyrrole nitrogens is 1. The number of carboxylic acid groups (broad SMARTS) is 1. The van der Waals surface area contributed by atoms with E-state index in [4.69, 9.17) is 9.84 Å². The Morgan fingerprint density at radius 2 is 1.91 bits per heavy atom. The third-order valence-electron chi connectivity index (χ3n) is 4.67. The molecule has 0 saturated heterocycles. The number of hydrogen-bond donors (Lipinski definition) is 3. The number of alkyl halides is 3. The van der Waals surface area contributed by atoms with Crippen LogP contribution >= 0.6 is 15.9 Å². The monoisotopic (exact) mass is 551 g/mol. The van der Waals surface area contributed by atoms with Crippen LogP contribution in [0.3, 0.4) is 0 Å². The van der Waals surface area contributed by atoms with Crippen molar-refractivity contribution in [3.63, 3.8) is 0 Å². The molecule has 0 saturated carbocycles. The van der Waals surface area contributed by atoms with E-state index in [0.29, 0.717) is 11.8 Å². The second-order valence-electron chi connectivity index (χ2n) is 7.08. The van der Waals surface area contributed by atoms with Gasteiger partial charge in [0.2, 0.25) is 5.69 Å². The van der Waals surface area contributed by atoms with Gasteiger partial charge in [0, 0.05) is 16.4 Å². The normalized spacial score (nSPS) is 11.4. The summed E-state index contributed by atoms with van der Waals surface area (Å²) in [5.74, 6) is -1.63. The Hall–Kier alpha value is -4.20. The third-order valence-corrected chi connectivity index (χ3v) is 5.20. The highest BCUT2D eigenvalue weighted by Crippen LogP contribution is 2.35. The minimum absolute atomic E-state index is 0.143. The molecule has 0 aliphatic heterocycles. The van der Waals surface area contributed by atoms with Crippen molar-refractivity contribution in [2.24, 2.45) is 0 Å². The first kappa shape index (κ1) is 23.9. The number of aromatic amines is 1. The standard InChI is InChI=1S/C21H13BrF3N5O5/c22-10-1-3-11(4-2-10)27-20(34)35-8-12-7-30(9-26-12)16-6-15-14(5-13(16)21(23,24)25)29-18(31)17(28-15)19(32)33/h1-7,9H,8H2,(H,27,34)(H,29,31)(H,32,33). The molecule has 0 fully saturated rings. The van der Waals surface area contributed by atoms with Crippen LogP contribution in [0, 0.1) is 0 Å². The molecule has 2 heterocycles. The Morgan fingerprint density at radius 1 is 1.20 bits per heavy atom. The van der Waals surface area contributed by atoms with Crippen LogP contribution in [-0.2, 0) is 17.5 Å². The Kier molecular flexibility index (Phi) is 6.30. The fraction of sp³-hybridized carbons (Fsp3) is 0.0952. The highest BCUT2D eigenvalue weighted by atomic mass is 79.9. The van der Waals surface area contributed by atoms with Crippen molar-refractivity contribution in [1.82, 2.24) is 19.5 Å². The lowest BCUT2D eigenvalue weighted by molar-refractivity contribution is -0.137. The highest BCUT2D eigenvalue weighted by molar-refractivity contribution is 9.10. The number of imidazole rings is 1. The number of halogens is 4. The third kappa shape index (κ3) is 5.32. The summed E-state index contributed by atoms with van der Waals surface area (Å²) >= 11 is 3.27. The number of carboxylic acids is 1. The van der Waals surface area contributed by atoms with Gasteiger partial charge in [-0.15, -0.1) is 0 Å². The molecule has 1 amide bonds. The number of ether oxygens (including phenoxy) is 1. The Bertz CT molecular complexity index is 1500. The maximum absolute atomic E-state index is 13.7. The average molecular weight is 552 g/mol. The number of nitrogens with zero attached hydrogens (tertiary/aromatic N) is 3. The highest BCUT2D eigenvalue weighted by Gasteiger charge is 2.35. The number of benzene rings is 2. The van der Waals surface area contributed by atoms with Gasteiger partial charge in [0.15, 0.2) is 0 Å². The average Bonchev–Trinajstić information content (AvgIpc) is 3.26. The topological polar surface area (TPSA) is 139 Å². The summed E-state index contributed by atoms with van der Waals surface area (Å²) in [7, 11) is 0. The Morgan fingerprint density at radius 3 is 2.57 bits per heavy atom. The molecule has 0 aliphatic carbocycles. The fourth-order valence-corrected chi connectivity index (χ4v) is 3.37. The van der Waals surface area contributed by atoms with Gasteiger partial charge in [0.1, 0.15) is 6.61 Å². The van der Waals surface area contributed by atoms with Crippen molar-refractivity contribution in [3.8, 4) is 5.69 Å². The summed E-state index contributed by atoms with van der Waals surface area (Å²) in [5.41, 5.74) is -3.38. The smallest absolute Gasteiger partial charge is 0.418 e. The molecule has 0 radical (unpaired) electrons. The van der Waals surface area contributed by atoms with E-state index >= 15 is 0 Å². The molecular formula is C21H13BrF3N5O5. The molecule has 3 N–H and O–H groups in total. The van der Waals surface area contributed by atoms with E-state index in [1.165, 1.54) is 6.20 Å². The molecule has 180 valence electrons. The predicted molar refractivity (Wildman–Crippen MR) is 119 cm³/mol. The Balaban J connectivity index is 1.61. The molecule has 0 spiro atoms. The van der Waals surface area contributed by atoms with Crippen molar-refractivity contribution < 1.29 is 32.6 Å². The van der Waals surface area contributed by atoms with Crippen LogP contribution in [0.15, 0.2) is 58.2 Å². The largest absolute Gasteiger partial charge is 0.476 e. The van der Waals surface area contributed by atoms with E-state index in [1.54, 1.807) is 24.3 Å². The number of carbonyl (C=O) groups is 2. The summed E-state index contributed by atoms with van der Waals surface area (Å²) in [6, 6.07) is 8.33. The first-order chi connectivity index (χ1) is 16.5. The number of amides is 1. The molecule has 14 heteroatoms. The van der Waals surface area contributed by atoms with Crippen molar-refractivity contribution in [2.75, 3.05) is 5.32 Å². The summed E-state index contributed by atoms with van der Waals surface area (Å²) in [5, 5.41) is 11.6. The van der Waals surface area contributed by atoms with E-state index in [0.717, 1.165) is 21.4 Å². The molecule has 2 aromatic heterocycles. The molecule has 4 aromatic rings. The minimum atomic E-state index is -4.82. The van der Waals surface area contributed by atoms with Gasteiger partial charge in [0.05, 0.1) is 34.3 Å². The van der Waals surface area contributed by atoms with Crippen LogP contribution in [0.25, 0.3) is 16.7 Å². The van der Waals surface area contributed by atoms with Crippen LogP contribution in [0.2, 0.25) is 0 Å². The van der Waals surface area contributed by atoms with E-state index < -0.39 is 40.7 Å². The second kappa shape index (κ2) is 9.21. The molecule has 2 aromatic carbocycles. The van der Waals surface area contributed by atoms with E-state index in [2.05, 4.69) is 36.2 Å². The number of carbonyl (C=O) groups excluding carboxylic acids is 1. The van der Waals surface area contributed by atoms with Gasteiger partial charge < -0.3 is 19.4 Å². The molecule has 0 unspecified atom stereocenters. The van der Waals surface area contributed by atoms with E-state index in [-0.39, 0.29) is 23.3 Å². The lowest BCUT2D eigenvalue weighted by Crippen LogP contribution is -2.20. The van der Waals surface area contributed by atoms with Crippen molar-refractivity contribution in [3.05, 3.63) is 80.7 Å². The van der Waals surface area contributed by atoms with Crippen LogP contribution in [-0.4, -0.2) is 36.7 Å². The zero-order valence-corrected chi connectivity index (χ0v) is 18.8. The van der Waals surface area contributed by atoms with Gasteiger partial charge >= 0.3 is 18.2 Å². The summed E-state index contributed by atoms with van der Waals surface area (Å²) in [6.07, 6.45) is -3.33. The fourth-order valence-electron chi connectivity index (χ4n) is 3.10. The number of aromatic carboxylic acids is 1. The molecule has 0 atom stereocenters. The van der Waals surface area contributed by atoms with Gasteiger partial charge in [-0.1, -0.05) is 15.9 Å². The summed E-state index contributed by atoms with van der Waals surface area (Å²) in [4.78, 5) is 44.7. The zero-order chi connectivity index (χ0) is 25.3. The number of fused-ring (bicyclic) bond motifs is 1. The first-order valence-corrected chi connectivity index (χ1v) is 10.4. The van der Waals surface area contributed by atoms with Gasteiger partial charge in [-0.3, -0.25) is 10.1 Å². The van der Waals surface area contributed by atoms with E-state index in [9.17, 15) is 27.6 Å². The molecule has 0 aliphatic rings. The summed E-state index contributed by atoms with van der Waals surface area (Å²) in [6.45, 7) is -0.334. The molecular weight excluding hydrogens is 539 g/mol. The quantitative estimate of drug-likeness (QED) is 0.335. The number of rotatable bonds is 5. The van der Waals surface area contributed by atoms with Crippen molar-refractivity contribution >= 4 is 44.7 Å². The number of hydrogen-bond acceptors (Lipinski definition) is 6. The maximum atomic E-state index is 13.7. The SMILES string of the molecule is O=C(Nc1ccc(Br)cc1)OCc1cn(-c2cc3nc(C(=O)O)c(=O)[nH]c3cc2C(F)(F)F)cn1. The summed E-state index contributed by atoms with van der Waals surface area (Å²) < 4.78 is 48.1. The van der Waals surface area contributed by atoms with Gasteiger partial charge in [-0.25, -0.2) is 19.6 Å². The van der Waals surface area contributed by atoms with Gasteiger partial charge in [-0.05, 0) is 36.4 Å². The van der Waals surface area contributed by atoms with Crippen LogP contribution in [0.5, 0.6) is 0 Å². The number of nitrogens with one attached hydrogen (secondary N) is 2. The van der Waals surface area contributed by atoms with Crippen LogP contribution in [0.4, 0.5) is 23.7 Å². The first-order valence-electron chi connectivity index (χ1n) is 9.62. The minimum Gasteiger partial charge on any atom is -0.476 e. The van der Waals surface area contributed by atoms with Crippen LogP contribution < -0.4 is 10.9 Å². The number of aromatic nitrogens is 4. The predicted octanol–water partition coefficient (Wildman–Crippen LogP) is 4.34. The lowest BCUT2D eigenvalue weighted by Gasteiger charge is -2.14. The molecule has 4 rings (SSSR count). The van der Waals surface area contributed by atoms with E-state index in [1.807, 2.05) is 0 Å². The molecule has 35 heavy (non-hydrogen) atoms. The lowest BCUT2D eigenvalue weighted by atomic mass is 10.1. The Labute approximate surface area is 201 Å². The molecule has 0 bridgehead atoms. The maximum Gasteiger partial charge on any atom is 0.418 e. The van der Waals surface area contributed by atoms with Gasteiger partial charge in [0.25, 0.3) is 5.56 Å². The zero-order valence-electron chi connectivity index (χ0n) is 17.3. The van der Waals surface area contributed by atoms with Gasteiger partial charge in [-0.2, -0.15) is 13.2 Å². The second-order valence-corrected chi connectivity index (χ2v) is 8.00. The number of anilines is 1. The van der Waals surface area contributed by atoms with Crippen LogP contribution in [0.1, 0.15) is 21.7 Å². The molecule has 10 nitrogen and oxygen atoms in total. The van der Waals surface area contributed by atoms with Crippen molar-refractivity contribution in [1.29, 1.82) is 0 Å².